The van der Waals surface area contributed by atoms with Crippen molar-refractivity contribution in [3.63, 3.8) is 0 Å². The highest BCUT2D eigenvalue weighted by Crippen LogP contribution is 2.44. The lowest BCUT2D eigenvalue weighted by atomic mass is 9.94. The van der Waals surface area contributed by atoms with Crippen LogP contribution in [0, 0.1) is 20.8 Å². The van der Waals surface area contributed by atoms with Gasteiger partial charge in [0.25, 0.3) is 5.78 Å². The number of aromatic nitrogens is 1. The van der Waals surface area contributed by atoms with E-state index in [2.05, 4.69) is 0 Å². The maximum atomic E-state index is 13.5. The van der Waals surface area contributed by atoms with Crippen LogP contribution in [0.15, 0.2) is 66.2 Å². The zero-order chi connectivity index (χ0) is 26.3. The van der Waals surface area contributed by atoms with Crippen LogP contribution in [0.2, 0.25) is 0 Å². The molecule has 0 radical (unpaired) electrons. The molecule has 1 fully saturated rings. The number of nitrogens with zero attached hydrogens (tertiary/aromatic N) is 2. The van der Waals surface area contributed by atoms with Gasteiger partial charge in [0.2, 0.25) is 0 Å². The molecule has 1 N–H and O–H groups in total. The monoisotopic (exact) mass is 512 g/mol. The van der Waals surface area contributed by atoms with Crippen LogP contribution in [-0.4, -0.2) is 28.4 Å². The quantitative estimate of drug-likeness (QED) is 0.178. The van der Waals surface area contributed by atoms with Crippen LogP contribution in [0.5, 0.6) is 5.75 Å². The molecule has 1 aromatic heterocycles. The lowest BCUT2D eigenvalue weighted by Gasteiger charge is -2.23. The summed E-state index contributed by atoms with van der Waals surface area (Å²) in [7, 11) is 0. The van der Waals surface area contributed by atoms with Crippen molar-refractivity contribution >= 4 is 44.1 Å². The molecule has 5 rings (SSSR count). The molecule has 1 saturated heterocycles. The van der Waals surface area contributed by atoms with Gasteiger partial charge in [-0.1, -0.05) is 60.2 Å². The summed E-state index contributed by atoms with van der Waals surface area (Å²) in [5.41, 5.74) is 5.17. The highest BCUT2D eigenvalue weighted by atomic mass is 32.1. The van der Waals surface area contributed by atoms with E-state index in [0.29, 0.717) is 23.1 Å². The topological polar surface area (TPSA) is 79.7 Å². The van der Waals surface area contributed by atoms with Gasteiger partial charge in [0, 0.05) is 5.56 Å². The minimum atomic E-state index is -0.817. The first kappa shape index (κ1) is 24.7. The molecule has 4 aromatic rings. The minimum Gasteiger partial charge on any atom is -0.507 e. The molecule has 188 valence electrons. The van der Waals surface area contributed by atoms with Crippen molar-refractivity contribution < 1.29 is 19.4 Å². The van der Waals surface area contributed by atoms with E-state index in [1.807, 2.05) is 64.1 Å². The number of fused-ring (bicyclic) bond motifs is 1. The average molecular weight is 513 g/mol. The number of anilines is 1. The molecule has 1 atom stereocenters. The van der Waals surface area contributed by atoms with Crippen LogP contribution in [0.3, 0.4) is 0 Å². The summed E-state index contributed by atoms with van der Waals surface area (Å²) >= 11 is 1.36. The zero-order valence-electron chi connectivity index (χ0n) is 21.2. The summed E-state index contributed by atoms with van der Waals surface area (Å²) in [6.45, 7) is 8.55. The van der Waals surface area contributed by atoms with Crippen molar-refractivity contribution in [1.82, 2.24) is 4.98 Å². The first-order valence-corrected chi connectivity index (χ1v) is 13.1. The highest BCUT2D eigenvalue weighted by molar-refractivity contribution is 7.22. The van der Waals surface area contributed by atoms with E-state index in [-0.39, 0.29) is 11.3 Å². The molecular formula is C30H28N2O4S. The summed E-state index contributed by atoms with van der Waals surface area (Å²) in [5.74, 6) is -1.10. The molecule has 7 heteroatoms. The van der Waals surface area contributed by atoms with E-state index in [0.717, 1.165) is 38.9 Å². The average Bonchev–Trinajstić information content (AvgIpc) is 3.40. The number of benzene rings is 3. The molecule has 37 heavy (non-hydrogen) atoms. The number of aliphatic hydroxyl groups excluding tert-OH is 1. The first-order valence-electron chi connectivity index (χ1n) is 12.3. The van der Waals surface area contributed by atoms with Crippen LogP contribution < -0.4 is 9.64 Å². The summed E-state index contributed by atoms with van der Waals surface area (Å²) < 4.78 is 6.66. The van der Waals surface area contributed by atoms with Gasteiger partial charge in [-0.15, -0.1) is 0 Å². The maximum absolute atomic E-state index is 13.5. The van der Waals surface area contributed by atoms with Gasteiger partial charge in [-0.3, -0.25) is 14.5 Å². The fourth-order valence-corrected chi connectivity index (χ4v) is 5.64. The Morgan fingerprint density at radius 3 is 2.54 bits per heavy atom. The Bertz CT molecular complexity index is 1530. The Balaban J connectivity index is 1.69. The number of hydrogen-bond donors (Lipinski definition) is 1. The van der Waals surface area contributed by atoms with Crippen molar-refractivity contribution in [3.8, 4) is 5.75 Å². The number of hydrogen-bond acceptors (Lipinski definition) is 6. The Hall–Kier alpha value is -3.97. The Morgan fingerprint density at radius 1 is 1.03 bits per heavy atom. The number of ketones is 1. The number of amides is 1. The lowest BCUT2D eigenvalue weighted by molar-refractivity contribution is -0.132. The number of rotatable bonds is 6. The number of ether oxygens (including phenoxy) is 1. The summed E-state index contributed by atoms with van der Waals surface area (Å²) in [5, 5.41) is 11.9. The number of thiazole rings is 1. The van der Waals surface area contributed by atoms with Crippen LogP contribution in [0.25, 0.3) is 16.0 Å². The van der Waals surface area contributed by atoms with Gasteiger partial charge in [-0.05, 0) is 68.1 Å². The van der Waals surface area contributed by atoms with Crippen LogP contribution >= 0.6 is 11.3 Å². The third-order valence-electron chi connectivity index (χ3n) is 6.58. The predicted octanol–water partition coefficient (Wildman–Crippen LogP) is 6.64. The standard InChI is InChI=1S/C30H28N2O4S/c1-5-12-36-22-11-7-10-21(16-22)27(33)25-26(20-9-6-8-17(2)13-20)32(29(35)28(25)34)30-31-23-14-18(3)19(4)15-24(23)37-30/h6-11,13-16,26,33H,5,12H2,1-4H3/b27-25+. The lowest BCUT2D eigenvalue weighted by Crippen LogP contribution is -2.29. The van der Waals surface area contributed by atoms with Gasteiger partial charge >= 0.3 is 5.91 Å². The van der Waals surface area contributed by atoms with Gasteiger partial charge in [-0.25, -0.2) is 4.98 Å². The van der Waals surface area contributed by atoms with Gasteiger partial charge in [0.05, 0.1) is 28.4 Å². The van der Waals surface area contributed by atoms with Crippen LogP contribution in [0.1, 0.15) is 47.2 Å². The van der Waals surface area contributed by atoms with E-state index in [9.17, 15) is 14.7 Å². The second-order valence-corrected chi connectivity index (χ2v) is 10.4. The molecule has 1 aliphatic rings. The Morgan fingerprint density at radius 2 is 1.78 bits per heavy atom. The zero-order valence-corrected chi connectivity index (χ0v) is 22.1. The number of carbonyl (C=O) groups excluding carboxylic acids is 2. The minimum absolute atomic E-state index is 0.0369. The fourth-order valence-electron chi connectivity index (χ4n) is 4.56. The second-order valence-electron chi connectivity index (χ2n) is 9.36. The van der Waals surface area contributed by atoms with E-state index in [1.165, 1.54) is 16.2 Å². The van der Waals surface area contributed by atoms with E-state index < -0.39 is 17.7 Å². The molecule has 0 saturated carbocycles. The Labute approximate surface area is 219 Å². The molecular weight excluding hydrogens is 484 g/mol. The molecule has 1 amide bonds. The van der Waals surface area contributed by atoms with Crippen molar-refractivity contribution in [2.75, 3.05) is 11.5 Å². The summed E-state index contributed by atoms with van der Waals surface area (Å²) in [6, 6.07) is 17.8. The number of carbonyl (C=O) groups is 2. The van der Waals surface area contributed by atoms with Gasteiger partial charge < -0.3 is 9.84 Å². The van der Waals surface area contributed by atoms with Gasteiger partial charge in [-0.2, -0.15) is 0 Å². The third kappa shape index (κ3) is 4.51. The van der Waals surface area contributed by atoms with E-state index >= 15 is 0 Å². The second kappa shape index (κ2) is 9.82. The number of aliphatic hydroxyl groups is 1. The molecule has 0 spiro atoms. The van der Waals surface area contributed by atoms with Crippen molar-refractivity contribution in [1.29, 1.82) is 0 Å². The number of aryl methyl sites for hydroxylation is 3. The maximum Gasteiger partial charge on any atom is 0.301 e. The summed E-state index contributed by atoms with van der Waals surface area (Å²) in [4.78, 5) is 33.2. The molecule has 6 nitrogen and oxygen atoms in total. The van der Waals surface area contributed by atoms with Crippen LogP contribution in [0.4, 0.5) is 5.13 Å². The third-order valence-corrected chi connectivity index (χ3v) is 7.60. The predicted molar refractivity (Wildman–Crippen MR) is 147 cm³/mol. The van der Waals surface area contributed by atoms with Gasteiger partial charge in [0.1, 0.15) is 11.5 Å². The summed E-state index contributed by atoms with van der Waals surface area (Å²) in [6.07, 6.45) is 0.843. The van der Waals surface area contributed by atoms with Crippen molar-refractivity contribution in [2.45, 2.75) is 40.2 Å². The molecule has 0 aliphatic carbocycles. The van der Waals surface area contributed by atoms with Crippen molar-refractivity contribution in [3.05, 3.63) is 94.1 Å². The largest absolute Gasteiger partial charge is 0.507 e. The Kier molecular flexibility index (Phi) is 6.56. The normalized spacial score (nSPS) is 17.1. The highest BCUT2D eigenvalue weighted by Gasteiger charge is 2.48. The fraction of sp³-hybridized carbons (Fsp3) is 0.233. The smallest absolute Gasteiger partial charge is 0.301 e. The first-order chi connectivity index (χ1) is 17.8. The number of Topliss-reactive ketones (excluding diaryl/α,β-unsaturated/α-hetero) is 1. The molecule has 0 bridgehead atoms. The van der Waals surface area contributed by atoms with E-state index in [1.54, 1.807) is 24.3 Å². The van der Waals surface area contributed by atoms with E-state index in [4.69, 9.17) is 9.72 Å². The SMILES string of the molecule is CCCOc1cccc(/C(O)=C2\C(=O)C(=O)N(c3nc4cc(C)c(C)cc4s3)C2c2cccc(C)c2)c1. The molecule has 3 aromatic carbocycles. The molecule has 2 heterocycles. The molecule has 1 unspecified atom stereocenters. The van der Waals surface area contributed by atoms with Gasteiger partial charge in [0.15, 0.2) is 5.13 Å². The van der Waals surface area contributed by atoms with Crippen molar-refractivity contribution in [2.24, 2.45) is 0 Å². The van der Waals surface area contributed by atoms with Crippen LogP contribution in [-0.2, 0) is 9.59 Å². The molecule has 1 aliphatic heterocycles.